The Kier molecular flexibility index (Phi) is 3.40. The zero-order chi connectivity index (χ0) is 17.7. The van der Waals surface area contributed by atoms with Crippen LogP contribution in [-0.4, -0.2) is 10.9 Å². The van der Waals surface area contributed by atoms with E-state index >= 15 is 0 Å². The predicted molar refractivity (Wildman–Crippen MR) is 104 cm³/mol. The first kappa shape index (κ1) is 15.3. The number of aromatic hydroxyl groups is 1. The molecule has 26 heavy (non-hydrogen) atoms. The maximum absolute atomic E-state index is 13.2. The minimum Gasteiger partial charge on any atom is -0.508 e. The van der Waals surface area contributed by atoms with E-state index in [-0.39, 0.29) is 16.8 Å². The Morgan fingerprint density at radius 1 is 0.846 bits per heavy atom. The van der Waals surface area contributed by atoms with Gasteiger partial charge >= 0.3 is 0 Å². The lowest BCUT2D eigenvalue weighted by atomic mass is 10.0. The van der Waals surface area contributed by atoms with Gasteiger partial charge in [-0.25, -0.2) is 0 Å². The number of hydrogen-bond donors (Lipinski definition) is 2. The molecule has 0 saturated carbocycles. The number of hydrogen-bond acceptors (Lipinski definition) is 4. The van der Waals surface area contributed by atoms with Gasteiger partial charge in [0.05, 0.1) is 16.6 Å². The van der Waals surface area contributed by atoms with Gasteiger partial charge in [-0.15, -0.1) is 11.8 Å². The molecule has 3 aromatic carbocycles. The normalized spacial score (nSPS) is 17.8. The number of fused-ring (bicyclic) bond motifs is 3. The Morgan fingerprint density at radius 2 is 1.54 bits per heavy atom. The number of anilines is 1. The molecule has 2 aliphatic rings. The Morgan fingerprint density at radius 3 is 2.35 bits per heavy atom. The lowest BCUT2D eigenvalue weighted by Gasteiger charge is -2.17. The molecule has 4 heteroatoms. The maximum Gasteiger partial charge on any atom is 0.193 e. The molecule has 126 valence electrons. The van der Waals surface area contributed by atoms with E-state index in [9.17, 15) is 9.90 Å². The molecule has 3 nitrogen and oxygen atoms in total. The van der Waals surface area contributed by atoms with E-state index in [1.807, 2.05) is 54.6 Å². The molecule has 3 aromatic rings. The van der Waals surface area contributed by atoms with Gasteiger partial charge in [-0.2, -0.15) is 0 Å². The number of Topliss-reactive ketones (excluding diaryl/α,β-unsaturated/α-hetero) is 1. The first-order valence-corrected chi connectivity index (χ1v) is 9.30. The largest absolute Gasteiger partial charge is 0.508 e. The topological polar surface area (TPSA) is 49.3 Å². The van der Waals surface area contributed by atoms with Gasteiger partial charge in [0.15, 0.2) is 5.78 Å². The molecule has 0 bridgehead atoms. The van der Waals surface area contributed by atoms with Crippen molar-refractivity contribution in [3.8, 4) is 5.75 Å². The minimum atomic E-state index is -0.137. The average Bonchev–Trinajstić information content (AvgIpc) is 2.84. The molecule has 1 heterocycles. The molecular weight excluding hydrogens is 342 g/mol. The summed E-state index contributed by atoms with van der Waals surface area (Å²) in [6, 6.07) is 23.0. The third kappa shape index (κ3) is 2.26. The van der Waals surface area contributed by atoms with Gasteiger partial charge in [0.25, 0.3) is 0 Å². The van der Waals surface area contributed by atoms with Crippen molar-refractivity contribution in [2.45, 2.75) is 10.1 Å². The lowest BCUT2D eigenvalue weighted by molar-refractivity contribution is 0.103. The van der Waals surface area contributed by atoms with E-state index in [1.165, 1.54) is 0 Å². The number of nitrogens with one attached hydrogen (secondary N) is 1. The van der Waals surface area contributed by atoms with Gasteiger partial charge in [0.2, 0.25) is 0 Å². The quantitative estimate of drug-likeness (QED) is 0.624. The van der Waals surface area contributed by atoms with E-state index in [2.05, 4.69) is 11.4 Å². The summed E-state index contributed by atoms with van der Waals surface area (Å²) in [6.07, 6.45) is 0. The molecule has 0 aromatic heterocycles. The number of rotatable bonds is 1. The molecule has 5 rings (SSSR count). The van der Waals surface area contributed by atoms with Gasteiger partial charge in [-0.05, 0) is 29.8 Å². The minimum absolute atomic E-state index is 0.0708. The summed E-state index contributed by atoms with van der Waals surface area (Å²) in [5.74, 6) is 0.294. The summed E-state index contributed by atoms with van der Waals surface area (Å²) in [5.41, 5.74) is 5.37. The molecule has 0 amide bonds. The molecule has 0 radical (unpaired) electrons. The van der Waals surface area contributed by atoms with E-state index in [4.69, 9.17) is 0 Å². The summed E-state index contributed by atoms with van der Waals surface area (Å²) in [5, 5.41) is 13.0. The smallest absolute Gasteiger partial charge is 0.193 e. The maximum atomic E-state index is 13.2. The van der Waals surface area contributed by atoms with Crippen molar-refractivity contribution in [2.24, 2.45) is 0 Å². The zero-order valence-electron chi connectivity index (χ0n) is 13.8. The van der Waals surface area contributed by atoms with Crippen LogP contribution in [0.1, 0.15) is 26.7 Å². The van der Waals surface area contributed by atoms with Crippen molar-refractivity contribution in [1.29, 1.82) is 0 Å². The van der Waals surface area contributed by atoms with Gasteiger partial charge in [-0.1, -0.05) is 48.5 Å². The van der Waals surface area contributed by atoms with Gasteiger partial charge in [-0.3, -0.25) is 4.79 Å². The summed E-state index contributed by atoms with van der Waals surface area (Å²) < 4.78 is 0. The van der Waals surface area contributed by atoms with Crippen molar-refractivity contribution >= 4 is 28.9 Å². The Bertz CT molecular complexity index is 1070. The number of phenolic OH excluding ortho intramolecular Hbond substituents is 1. The molecule has 0 unspecified atom stereocenters. The number of carbonyl (C=O) groups is 1. The Hall–Kier alpha value is -2.98. The molecule has 1 aliphatic heterocycles. The van der Waals surface area contributed by atoms with Crippen molar-refractivity contribution in [3.05, 3.63) is 95.1 Å². The number of para-hydroxylation sites is 1. The van der Waals surface area contributed by atoms with Crippen LogP contribution in [0.25, 0.3) is 5.70 Å². The second-order valence-electron chi connectivity index (χ2n) is 6.37. The van der Waals surface area contributed by atoms with Crippen LogP contribution in [0.15, 0.2) is 83.3 Å². The van der Waals surface area contributed by atoms with Crippen LogP contribution in [0.4, 0.5) is 5.69 Å². The standard InChI is InChI=1S/C22H15NO2S/c24-14-11-9-13(10-12-14)22-19-20(15-5-1-2-6-16(15)21(19)25)23-17-7-3-4-8-18(17)26-22/h1-12,22-24H/t22-/m1/s1. The van der Waals surface area contributed by atoms with Crippen molar-refractivity contribution in [3.63, 3.8) is 0 Å². The van der Waals surface area contributed by atoms with Crippen LogP contribution in [-0.2, 0) is 0 Å². The summed E-state index contributed by atoms with van der Waals surface area (Å²) >= 11 is 1.66. The van der Waals surface area contributed by atoms with Crippen molar-refractivity contribution in [1.82, 2.24) is 0 Å². The number of thioether (sulfide) groups is 1. The van der Waals surface area contributed by atoms with E-state index < -0.39 is 0 Å². The molecular formula is C22H15NO2S. The zero-order valence-corrected chi connectivity index (χ0v) is 14.6. The predicted octanol–water partition coefficient (Wildman–Crippen LogP) is 5.26. The summed E-state index contributed by atoms with van der Waals surface area (Å²) in [4.78, 5) is 14.3. The van der Waals surface area contributed by atoms with Gasteiger partial charge in [0.1, 0.15) is 5.75 Å². The molecule has 0 fully saturated rings. The van der Waals surface area contributed by atoms with Crippen molar-refractivity contribution < 1.29 is 9.90 Å². The van der Waals surface area contributed by atoms with Crippen LogP contribution < -0.4 is 5.32 Å². The van der Waals surface area contributed by atoms with Crippen LogP contribution in [0.5, 0.6) is 5.75 Å². The van der Waals surface area contributed by atoms with Crippen LogP contribution in [0.2, 0.25) is 0 Å². The summed E-state index contributed by atoms with van der Waals surface area (Å²) in [6.45, 7) is 0. The van der Waals surface area contributed by atoms with E-state index in [0.29, 0.717) is 0 Å². The second kappa shape index (κ2) is 5.78. The third-order valence-electron chi connectivity index (χ3n) is 4.80. The Labute approximate surface area is 155 Å². The molecule has 2 N–H and O–H groups in total. The summed E-state index contributed by atoms with van der Waals surface area (Å²) in [7, 11) is 0. The number of phenols is 1. The number of benzene rings is 3. The monoisotopic (exact) mass is 357 g/mol. The lowest BCUT2D eigenvalue weighted by Crippen LogP contribution is -2.07. The Balaban J connectivity index is 1.74. The fourth-order valence-corrected chi connectivity index (χ4v) is 4.86. The molecule has 0 spiro atoms. The average molecular weight is 357 g/mol. The number of ketones is 1. The first-order chi connectivity index (χ1) is 12.7. The van der Waals surface area contributed by atoms with Gasteiger partial charge in [0, 0.05) is 21.6 Å². The first-order valence-electron chi connectivity index (χ1n) is 8.42. The highest BCUT2D eigenvalue weighted by atomic mass is 32.2. The fourth-order valence-electron chi connectivity index (χ4n) is 3.56. The van der Waals surface area contributed by atoms with Gasteiger partial charge < -0.3 is 10.4 Å². The SMILES string of the molecule is O=C1C2=C(Nc3ccccc3S[C@@H]2c2ccc(O)cc2)c2ccccc21. The highest BCUT2D eigenvalue weighted by Crippen LogP contribution is 2.52. The second-order valence-corrected chi connectivity index (χ2v) is 7.52. The third-order valence-corrected chi connectivity index (χ3v) is 6.16. The molecule has 1 aliphatic carbocycles. The van der Waals surface area contributed by atoms with Crippen LogP contribution in [0, 0.1) is 0 Å². The van der Waals surface area contributed by atoms with E-state index in [0.717, 1.165) is 38.5 Å². The molecule has 1 atom stereocenters. The van der Waals surface area contributed by atoms with Crippen LogP contribution >= 0.6 is 11.8 Å². The highest BCUT2D eigenvalue weighted by Gasteiger charge is 2.37. The van der Waals surface area contributed by atoms with Crippen molar-refractivity contribution in [2.75, 3.05) is 5.32 Å². The number of carbonyl (C=O) groups excluding carboxylic acids is 1. The highest BCUT2D eigenvalue weighted by molar-refractivity contribution is 8.00. The fraction of sp³-hybridized carbons (Fsp3) is 0.0455. The molecule has 0 saturated heterocycles. The van der Waals surface area contributed by atoms with Crippen LogP contribution in [0.3, 0.4) is 0 Å². The van der Waals surface area contributed by atoms with E-state index in [1.54, 1.807) is 23.9 Å².